The van der Waals surface area contributed by atoms with Gasteiger partial charge < -0.3 is 15.3 Å². The van der Waals surface area contributed by atoms with E-state index in [4.69, 9.17) is 5.11 Å². The Bertz CT molecular complexity index is 764. The molecule has 132 valence electrons. The summed E-state index contributed by atoms with van der Waals surface area (Å²) in [6, 6.07) is 17.1. The van der Waals surface area contributed by atoms with Gasteiger partial charge in [-0.1, -0.05) is 48.5 Å². The van der Waals surface area contributed by atoms with Gasteiger partial charge in [-0.05, 0) is 24.1 Å². The largest absolute Gasteiger partial charge is 0.481 e. The number of carboxylic acids is 1. The fourth-order valence-electron chi connectivity index (χ4n) is 2.54. The Hall–Kier alpha value is -2.43. The molecular formula is C18H20NO5P. The highest BCUT2D eigenvalue weighted by Crippen LogP contribution is 2.41. The van der Waals surface area contributed by atoms with Crippen LogP contribution in [0.2, 0.25) is 0 Å². The lowest BCUT2D eigenvalue weighted by atomic mass is 10.1. The van der Waals surface area contributed by atoms with E-state index < -0.39 is 25.5 Å². The van der Waals surface area contributed by atoms with E-state index in [9.17, 15) is 19.0 Å². The summed E-state index contributed by atoms with van der Waals surface area (Å²) in [5, 5.41) is 11.5. The highest BCUT2D eigenvalue weighted by Gasteiger charge is 2.28. The molecule has 0 radical (unpaired) electrons. The van der Waals surface area contributed by atoms with E-state index in [1.807, 2.05) is 30.3 Å². The molecule has 0 aliphatic heterocycles. The van der Waals surface area contributed by atoms with Gasteiger partial charge in [0.1, 0.15) is 6.16 Å². The fraction of sp³-hybridized carbons (Fsp3) is 0.222. The third kappa shape index (κ3) is 6.53. The molecule has 0 saturated heterocycles. The number of nitrogens with one attached hydrogen (secondary N) is 1. The summed E-state index contributed by atoms with van der Waals surface area (Å²) in [6.45, 7) is 0. The lowest BCUT2D eigenvalue weighted by Gasteiger charge is -2.21. The molecule has 6 nitrogen and oxygen atoms in total. The maximum absolute atomic E-state index is 12.4. The third-order valence-electron chi connectivity index (χ3n) is 3.58. The van der Waals surface area contributed by atoms with Gasteiger partial charge >= 0.3 is 5.97 Å². The normalized spacial score (nSPS) is 14.3. The summed E-state index contributed by atoms with van der Waals surface area (Å²) in [4.78, 5) is 33.1. The van der Waals surface area contributed by atoms with Crippen LogP contribution < -0.4 is 5.32 Å². The van der Waals surface area contributed by atoms with Crippen molar-refractivity contribution < 1.29 is 24.2 Å². The molecular weight excluding hydrogens is 341 g/mol. The maximum atomic E-state index is 12.4. The Balaban J connectivity index is 2.15. The van der Waals surface area contributed by atoms with Crippen LogP contribution in [0.3, 0.4) is 0 Å². The molecule has 1 amide bonds. The monoisotopic (exact) mass is 361 g/mol. The van der Waals surface area contributed by atoms with Gasteiger partial charge in [-0.25, -0.2) is 0 Å². The number of carbonyl (C=O) groups excluding carboxylic acids is 1. The molecule has 2 atom stereocenters. The van der Waals surface area contributed by atoms with E-state index in [0.717, 1.165) is 5.56 Å². The number of carboxylic acid groups (broad SMARTS) is 1. The van der Waals surface area contributed by atoms with Gasteiger partial charge in [0.05, 0.1) is 0 Å². The van der Waals surface area contributed by atoms with Crippen molar-refractivity contribution in [2.24, 2.45) is 0 Å². The predicted molar refractivity (Wildman–Crippen MR) is 95.0 cm³/mol. The fourth-order valence-corrected chi connectivity index (χ4v) is 4.00. The van der Waals surface area contributed by atoms with Crippen molar-refractivity contribution in [3.05, 3.63) is 71.8 Å². The molecule has 0 saturated carbocycles. The summed E-state index contributed by atoms with van der Waals surface area (Å²) in [6.07, 6.45) is -0.782. The van der Waals surface area contributed by atoms with Crippen molar-refractivity contribution in [2.75, 3.05) is 12.3 Å². The van der Waals surface area contributed by atoms with Crippen LogP contribution in [0.4, 0.5) is 0 Å². The smallest absolute Gasteiger partial charge is 0.313 e. The highest BCUT2D eigenvalue weighted by atomic mass is 31.2. The minimum Gasteiger partial charge on any atom is -0.481 e. The summed E-state index contributed by atoms with van der Waals surface area (Å²) in [5.74, 6) is -1.70. The van der Waals surface area contributed by atoms with Crippen LogP contribution >= 0.6 is 7.37 Å². The third-order valence-corrected chi connectivity index (χ3v) is 5.36. The van der Waals surface area contributed by atoms with Crippen molar-refractivity contribution in [1.82, 2.24) is 5.32 Å². The van der Waals surface area contributed by atoms with Gasteiger partial charge in [-0.2, -0.15) is 0 Å². The van der Waals surface area contributed by atoms with Gasteiger partial charge in [-0.15, -0.1) is 0 Å². The number of amides is 1. The van der Waals surface area contributed by atoms with Crippen molar-refractivity contribution in [1.29, 1.82) is 0 Å². The first kappa shape index (κ1) is 18.9. The van der Waals surface area contributed by atoms with E-state index in [2.05, 4.69) is 5.32 Å². The van der Waals surface area contributed by atoms with Crippen molar-refractivity contribution in [2.45, 2.75) is 12.5 Å². The Morgan fingerprint density at radius 2 is 1.56 bits per heavy atom. The Labute approximate surface area is 146 Å². The summed E-state index contributed by atoms with van der Waals surface area (Å²) in [7, 11) is -3.90. The van der Waals surface area contributed by atoms with Crippen LogP contribution in [-0.4, -0.2) is 40.2 Å². The second-order valence-corrected chi connectivity index (χ2v) is 8.18. The van der Waals surface area contributed by atoms with Gasteiger partial charge in [0.25, 0.3) is 5.91 Å². The number of carbonyl (C=O) groups is 2. The van der Waals surface area contributed by atoms with Crippen LogP contribution in [-0.2, 0) is 15.8 Å². The number of aliphatic carboxylic acids is 1. The van der Waals surface area contributed by atoms with E-state index >= 15 is 0 Å². The van der Waals surface area contributed by atoms with Crippen LogP contribution in [0.15, 0.2) is 60.7 Å². The minimum absolute atomic E-state index is 0.299. The molecule has 0 spiro atoms. The van der Waals surface area contributed by atoms with Crippen LogP contribution in [0, 0.1) is 0 Å². The molecule has 3 N–H and O–H groups in total. The molecule has 7 heteroatoms. The van der Waals surface area contributed by atoms with Crippen molar-refractivity contribution >= 4 is 19.2 Å². The zero-order valence-electron chi connectivity index (χ0n) is 13.5. The zero-order chi connectivity index (χ0) is 18.3. The zero-order valence-corrected chi connectivity index (χ0v) is 14.4. The Kier molecular flexibility index (Phi) is 6.51. The topological polar surface area (TPSA) is 104 Å². The molecule has 2 aromatic rings. The summed E-state index contributed by atoms with van der Waals surface area (Å²) >= 11 is 0. The number of rotatable bonds is 8. The van der Waals surface area contributed by atoms with Crippen LogP contribution in [0.5, 0.6) is 0 Å². The number of benzene rings is 2. The maximum Gasteiger partial charge on any atom is 0.313 e. The van der Waals surface area contributed by atoms with Crippen molar-refractivity contribution in [3.8, 4) is 0 Å². The van der Waals surface area contributed by atoms with Crippen LogP contribution in [0.25, 0.3) is 0 Å². The molecule has 1 unspecified atom stereocenters. The second kappa shape index (κ2) is 8.60. The van der Waals surface area contributed by atoms with Gasteiger partial charge in [0.2, 0.25) is 7.37 Å². The van der Waals surface area contributed by atoms with E-state index in [1.165, 1.54) is 0 Å². The predicted octanol–water partition coefficient (Wildman–Crippen LogP) is 2.38. The average molecular weight is 361 g/mol. The minimum atomic E-state index is -3.90. The van der Waals surface area contributed by atoms with Gasteiger partial charge in [-0.3, -0.25) is 14.2 Å². The van der Waals surface area contributed by atoms with Crippen molar-refractivity contribution in [3.63, 3.8) is 0 Å². The Morgan fingerprint density at radius 1 is 1.00 bits per heavy atom. The molecule has 25 heavy (non-hydrogen) atoms. The standard InChI is InChI=1S/C18H20NO5P/c20-17(21)13-25(23,24)12-16(11-14-7-3-1-4-8-14)19-18(22)15-9-5-2-6-10-15/h1-10,16H,11-13H2,(H,19,22)(H,20,21)(H,23,24)/t16-/m0/s1. The average Bonchev–Trinajstić information content (AvgIpc) is 2.54. The number of hydrogen-bond acceptors (Lipinski definition) is 3. The van der Waals surface area contributed by atoms with E-state index in [-0.39, 0.29) is 12.1 Å². The quantitative estimate of drug-likeness (QED) is 0.627. The second-order valence-electron chi connectivity index (χ2n) is 5.81. The molecule has 0 bridgehead atoms. The first-order valence-electron chi connectivity index (χ1n) is 7.78. The molecule has 0 heterocycles. The first-order valence-corrected chi connectivity index (χ1v) is 9.81. The first-order chi connectivity index (χ1) is 11.9. The molecule has 0 aliphatic carbocycles. The summed E-state index contributed by atoms with van der Waals surface area (Å²) in [5.41, 5.74) is 1.32. The highest BCUT2D eigenvalue weighted by molar-refractivity contribution is 7.59. The lowest BCUT2D eigenvalue weighted by Crippen LogP contribution is -2.39. The summed E-state index contributed by atoms with van der Waals surface area (Å²) < 4.78 is 12.2. The van der Waals surface area contributed by atoms with E-state index in [0.29, 0.717) is 12.0 Å². The van der Waals surface area contributed by atoms with Crippen LogP contribution in [0.1, 0.15) is 15.9 Å². The number of hydrogen-bond donors (Lipinski definition) is 3. The molecule has 2 rings (SSSR count). The van der Waals surface area contributed by atoms with Gasteiger partial charge in [0.15, 0.2) is 0 Å². The Morgan fingerprint density at radius 3 is 2.12 bits per heavy atom. The lowest BCUT2D eigenvalue weighted by molar-refractivity contribution is -0.134. The van der Waals surface area contributed by atoms with Gasteiger partial charge in [0, 0.05) is 17.8 Å². The molecule has 0 aromatic heterocycles. The molecule has 0 aliphatic rings. The molecule has 2 aromatic carbocycles. The SMILES string of the molecule is O=C(O)CP(=O)(O)C[C@H](Cc1ccccc1)NC(=O)c1ccccc1. The molecule has 0 fully saturated rings. The van der Waals surface area contributed by atoms with E-state index in [1.54, 1.807) is 30.3 Å².